The summed E-state index contributed by atoms with van der Waals surface area (Å²) in [5, 5.41) is 0. The number of carbonyl (C=O) groups excluding carboxylic acids is 4. The molecule has 7 heteroatoms. The molecule has 1 atom stereocenters. The lowest BCUT2D eigenvalue weighted by atomic mass is 9.49. The number of benzene rings is 1. The first-order valence-electron chi connectivity index (χ1n) is 13.3. The third kappa shape index (κ3) is 3.69. The largest absolute Gasteiger partial charge is 0.465 e. The molecule has 5 aliphatic carbocycles. The number of amides is 3. The molecule has 5 saturated carbocycles. The molecule has 0 N–H and O–H groups in total. The monoisotopic (exact) mass is 478 g/mol. The van der Waals surface area contributed by atoms with Crippen molar-refractivity contribution in [3.63, 3.8) is 0 Å². The SMILES string of the molecule is COC(=O)c1ccc(N2C(=O)CC(N(C(=O)C34CC5CC(CC(C5)C3)C4)C3CCCC3)C2=O)cc1. The van der Waals surface area contributed by atoms with Gasteiger partial charge in [-0.05, 0) is 93.4 Å². The Morgan fingerprint density at radius 3 is 2.06 bits per heavy atom. The third-order valence-electron chi connectivity index (χ3n) is 9.45. The second-order valence-corrected chi connectivity index (χ2v) is 11.7. The number of esters is 1. The highest BCUT2D eigenvalue weighted by atomic mass is 16.5. The van der Waals surface area contributed by atoms with Crippen LogP contribution in [0.15, 0.2) is 24.3 Å². The van der Waals surface area contributed by atoms with Crippen LogP contribution < -0.4 is 4.90 Å². The fourth-order valence-electron chi connectivity index (χ4n) is 8.36. The van der Waals surface area contributed by atoms with Crippen molar-refractivity contribution in [2.24, 2.45) is 23.2 Å². The summed E-state index contributed by atoms with van der Waals surface area (Å²) in [4.78, 5) is 56.2. The summed E-state index contributed by atoms with van der Waals surface area (Å²) in [5.41, 5.74) is 0.455. The van der Waals surface area contributed by atoms with Crippen molar-refractivity contribution in [1.82, 2.24) is 4.90 Å². The van der Waals surface area contributed by atoms with Crippen molar-refractivity contribution in [3.05, 3.63) is 29.8 Å². The highest BCUT2D eigenvalue weighted by Crippen LogP contribution is 2.61. The first-order valence-corrected chi connectivity index (χ1v) is 13.3. The minimum atomic E-state index is -0.730. The van der Waals surface area contributed by atoms with Crippen molar-refractivity contribution >= 4 is 29.4 Å². The Labute approximate surface area is 206 Å². The van der Waals surface area contributed by atoms with Gasteiger partial charge in [0.15, 0.2) is 0 Å². The second-order valence-electron chi connectivity index (χ2n) is 11.7. The molecule has 0 spiro atoms. The Bertz CT molecular complexity index is 1020. The summed E-state index contributed by atoms with van der Waals surface area (Å²) in [6.45, 7) is 0. The molecule has 4 bridgehead atoms. The summed E-state index contributed by atoms with van der Waals surface area (Å²) in [7, 11) is 1.31. The fourth-order valence-corrected chi connectivity index (χ4v) is 8.36. The van der Waals surface area contributed by atoms with E-state index in [9.17, 15) is 19.2 Å². The molecule has 7 nitrogen and oxygen atoms in total. The average Bonchev–Trinajstić information content (AvgIpc) is 3.46. The van der Waals surface area contributed by atoms with E-state index in [4.69, 9.17) is 4.74 Å². The molecule has 0 radical (unpaired) electrons. The summed E-state index contributed by atoms with van der Waals surface area (Å²) in [6, 6.07) is 5.64. The summed E-state index contributed by atoms with van der Waals surface area (Å²) in [6.07, 6.45) is 10.6. The topological polar surface area (TPSA) is 84.0 Å². The zero-order valence-electron chi connectivity index (χ0n) is 20.4. The summed E-state index contributed by atoms with van der Waals surface area (Å²) >= 11 is 0. The van der Waals surface area contributed by atoms with E-state index in [1.54, 1.807) is 24.3 Å². The van der Waals surface area contributed by atoms with Gasteiger partial charge in [-0.3, -0.25) is 14.4 Å². The van der Waals surface area contributed by atoms with Crippen LogP contribution in [0.4, 0.5) is 5.69 Å². The molecule has 3 amide bonds. The molecule has 6 fully saturated rings. The molecular weight excluding hydrogens is 444 g/mol. The van der Waals surface area contributed by atoms with Crippen LogP contribution in [0.25, 0.3) is 0 Å². The number of imide groups is 1. The van der Waals surface area contributed by atoms with Gasteiger partial charge in [0, 0.05) is 6.04 Å². The summed E-state index contributed by atoms with van der Waals surface area (Å²) in [5.74, 6) is 1.00. The number of methoxy groups -OCH3 is 1. The Morgan fingerprint density at radius 2 is 1.51 bits per heavy atom. The van der Waals surface area contributed by atoms with E-state index < -0.39 is 12.0 Å². The number of hydrogen-bond donors (Lipinski definition) is 0. The van der Waals surface area contributed by atoms with Crippen LogP contribution in [-0.2, 0) is 19.1 Å². The number of rotatable bonds is 5. The first kappa shape index (κ1) is 22.7. The van der Waals surface area contributed by atoms with E-state index in [2.05, 4.69) is 0 Å². The normalized spacial score (nSPS) is 34.0. The Hall–Kier alpha value is -2.70. The standard InChI is InChI=1S/C28H34N2O5/c1-35-26(33)20-6-8-22(9-7-20)30-24(31)13-23(25(30)32)29(21-4-2-3-5-21)27(34)28-14-17-10-18(15-28)12-19(11-17)16-28/h6-9,17-19,21,23H,2-5,10-16H2,1H3. The van der Waals surface area contributed by atoms with Crippen molar-refractivity contribution < 1.29 is 23.9 Å². The Balaban J connectivity index is 1.29. The molecule has 7 rings (SSSR count). The number of nitrogens with zero attached hydrogens (tertiary/aromatic N) is 2. The number of anilines is 1. The van der Waals surface area contributed by atoms with Crippen molar-refractivity contribution in [2.75, 3.05) is 12.0 Å². The zero-order chi connectivity index (χ0) is 24.3. The first-order chi connectivity index (χ1) is 16.9. The van der Waals surface area contributed by atoms with E-state index in [0.717, 1.165) is 44.9 Å². The average molecular weight is 479 g/mol. The minimum Gasteiger partial charge on any atom is -0.465 e. The van der Waals surface area contributed by atoms with Crippen LogP contribution in [0.5, 0.6) is 0 Å². The predicted molar refractivity (Wildman–Crippen MR) is 128 cm³/mol. The van der Waals surface area contributed by atoms with Crippen LogP contribution in [0, 0.1) is 23.2 Å². The highest BCUT2D eigenvalue weighted by Gasteiger charge is 2.58. The highest BCUT2D eigenvalue weighted by molar-refractivity contribution is 6.23. The zero-order valence-corrected chi connectivity index (χ0v) is 20.4. The quantitative estimate of drug-likeness (QED) is 0.470. The van der Waals surface area contributed by atoms with Gasteiger partial charge in [-0.1, -0.05) is 12.8 Å². The van der Waals surface area contributed by atoms with Gasteiger partial charge in [0.25, 0.3) is 5.91 Å². The lowest BCUT2D eigenvalue weighted by Crippen LogP contribution is -2.59. The fraction of sp³-hybridized carbons (Fsp3) is 0.643. The number of carbonyl (C=O) groups is 4. The molecule has 1 unspecified atom stereocenters. The smallest absolute Gasteiger partial charge is 0.337 e. The van der Waals surface area contributed by atoms with Gasteiger partial charge in [-0.2, -0.15) is 0 Å². The maximum Gasteiger partial charge on any atom is 0.337 e. The molecule has 0 aromatic heterocycles. The Morgan fingerprint density at radius 1 is 0.943 bits per heavy atom. The second kappa shape index (κ2) is 8.45. The van der Waals surface area contributed by atoms with Gasteiger partial charge in [-0.25, -0.2) is 9.69 Å². The number of hydrogen-bond acceptors (Lipinski definition) is 5. The lowest BCUT2D eigenvalue weighted by Gasteiger charge is -2.57. The van der Waals surface area contributed by atoms with Crippen molar-refractivity contribution in [3.8, 4) is 0 Å². The third-order valence-corrected chi connectivity index (χ3v) is 9.45. The predicted octanol–water partition coefficient (Wildman–Crippen LogP) is 4.09. The van der Waals surface area contributed by atoms with Crippen molar-refractivity contribution in [2.45, 2.75) is 82.7 Å². The molecule has 186 valence electrons. The molecule has 1 aromatic rings. The van der Waals surface area contributed by atoms with E-state index in [0.29, 0.717) is 29.0 Å². The van der Waals surface area contributed by atoms with E-state index in [1.807, 2.05) is 4.90 Å². The molecule has 6 aliphatic rings. The molecule has 35 heavy (non-hydrogen) atoms. The van der Waals surface area contributed by atoms with Gasteiger partial charge in [0.05, 0.1) is 30.2 Å². The van der Waals surface area contributed by atoms with Gasteiger partial charge >= 0.3 is 5.97 Å². The van der Waals surface area contributed by atoms with Crippen LogP contribution in [0.3, 0.4) is 0 Å². The molecule has 1 aromatic carbocycles. The maximum absolute atomic E-state index is 14.4. The maximum atomic E-state index is 14.4. The van der Waals surface area contributed by atoms with Crippen LogP contribution >= 0.6 is 0 Å². The summed E-state index contributed by atoms with van der Waals surface area (Å²) < 4.78 is 4.75. The molecular formula is C28H34N2O5. The van der Waals surface area contributed by atoms with Gasteiger partial charge in [0.1, 0.15) is 6.04 Å². The molecule has 1 saturated heterocycles. The van der Waals surface area contributed by atoms with Crippen molar-refractivity contribution in [1.29, 1.82) is 0 Å². The van der Waals surface area contributed by atoms with Gasteiger partial charge < -0.3 is 9.64 Å². The van der Waals surface area contributed by atoms with Crippen LogP contribution in [0.2, 0.25) is 0 Å². The van der Waals surface area contributed by atoms with Crippen LogP contribution in [0.1, 0.15) is 81.0 Å². The van der Waals surface area contributed by atoms with Gasteiger partial charge in [-0.15, -0.1) is 0 Å². The van der Waals surface area contributed by atoms with E-state index in [1.165, 1.54) is 31.3 Å². The van der Waals surface area contributed by atoms with Gasteiger partial charge in [0.2, 0.25) is 11.8 Å². The molecule has 1 aliphatic heterocycles. The number of ether oxygens (including phenoxy) is 1. The molecule has 1 heterocycles. The minimum absolute atomic E-state index is 0.0339. The lowest BCUT2D eigenvalue weighted by molar-refractivity contribution is -0.164. The van der Waals surface area contributed by atoms with E-state index >= 15 is 0 Å². The van der Waals surface area contributed by atoms with E-state index in [-0.39, 0.29) is 35.6 Å². The Kier molecular flexibility index (Phi) is 5.49. The van der Waals surface area contributed by atoms with Crippen LogP contribution in [-0.4, -0.2) is 47.8 Å².